The molecule has 2 heteroatoms. The van der Waals surface area contributed by atoms with Crippen LogP contribution in [0.5, 0.6) is 0 Å². The second kappa shape index (κ2) is 8.49. The molecule has 2 rings (SSSR count). The van der Waals surface area contributed by atoms with Crippen molar-refractivity contribution in [2.75, 3.05) is 0 Å². The van der Waals surface area contributed by atoms with Gasteiger partial charge >= 0.3 is 0 Å². The van der Waals surface area contributed by atoms with Crippen LogP contribution in [0.15, 0.2) is 54.6 Å². The molecule has 0 N–H and O–H groups in total. The van der Waals surface area contributed by atoms with Gasteiger partial charge in [0.2, 0.25) is 0 Å². The van der Waals surface area contributed by atoms with Crippen LogP contribution in [0.1, 0.15) is 16.7 Å². The summed E-state index contributed by atoms with van der Waals surface area (Å²) < 4.78 is 0. The van der Waals surface area contributed by atoms with Gasteiger partial charge in [0.05, 0.1) is 0 Å². The van der Waals surface area contributed by atoms with E-state index in [4.69, 9.17) is 5.41 Å². The van der Waals surface area contributed by atoms with E-state index in [9.17, 15) is 0 Å². The van der Waals surface area contributed by atoms with Crippen molar-refractivity contribution < 1.29 is 22.4 Å². The van der Waals surface area contributed by atoms with Crippen LogP contribution in [0.3, 0.4) is 0 Å². The van der Waals surface area contributed by atoms with Gasteiger partial charge in [-0.25, -0.2) is 0 Å². The summed E-state index contributed by atoms with van der Waals surface area (Å²) in [5.74, 6) is 6.09. The first kappa shape index (κ1) is 16.4. The Morgan fingerprint density at radius 3 is 2.11 bits per heavy atom. The van der Waals surface area contributed by atoms with Crippen molar-refractivity contribution in [3.63, 3.8) is 0 Å². The summed E-state index contributed by atoms with van der Waals surface area (Å²) in [6, 6.07) is 17.3. The molecule has 1 radical (unpaired) electrons. The molecule has 0 heterocycles. The number of rotatable bonds is 1. The number of benzene rings is 2. The van der Waals surface area contributed by atoms with E-state index in [0.717, 1.165) is 22.9 Å². The largest absolute Gasteiger partial charge is 0.810 e. The molecule has 2 aromatic carbocycles. The van der Waals surface area contributed by atoms with Gasteiger partial charge in [-0.15, -0.1) is 0 Å². The molecule has 0 aromatic heterocycles. The minimum Gasteiger partial charge on any atom is -0.810 e. The first-order valence-electron chi connectivity index (χ1n) is 5.03. The molecule has 95 valence electrons. The molecule has 0 amide bonds. The third-order valence-corrected chi connectivity index (χ3v) is 2.22. The average molecular weight is 327 g/mol. The van der Waals surface area contributed by atoms with Crippen LogP contribution in [0, 0.1) is 19.3 Å². The van der Waals surface area contributed by atoms with Crippen LogP contribution < -0.4 is 0 Å². The summed E-state index contributed by atoms with van der Waals surface area (Å²) in [6.07, 6.45) is 1.08. The van der Waals surface area contributed by atoms with Crippen LogP contribution in [0.4, 0.5) is 0 Å². The second-order valence-corrected chi connectivity index (χ2v) is 3.33. The van der Waals surface area contributed by atoms with E-state index in [2.05, 4.69) is 11.8 Å². The Hall–Kier alpha value is -1.59. The molecule has 18 heavy (non-hydrogen) atoms. The summed E-state index contributed by atoms with van der Waals surface area (Å²) in [5, 5.41) is 9.02. The predicted molar refractivity (Wildman–Crippen MR) is 73.8 cm³/mol. The predicted octanol–water partition coefficient (Wildman–Crippen LogP) is 3.52. The Morgan fingerprint density at radius 2 is 1.44 bits per heavy atom. The summed E-state index contributed by atoms with van der Waals surface area (Å²) in [7, 11) is 0. The summed E-state index contributed by atoms with van der Waals surface area (Å²) >= 11 is 0. The smallest absolute Gasteiger partial charge is 0.0302 e. The van der Waals surface area contributed by atoms with Crippen molar-refractivity contribution >= 4 is 6.21 Å². The quantitative estimate of drug-likeness (QED) is 0.331. The monoisotopic (exact) mass is 326 g/mol. The van der Waals surface area contributed by atoms with Crippen molar-refractivity contribution in [2.45, 2.75) is 0 Å². The summed E-state index contributed by atoms with van der Waals surface area (Å²) in [6.45, 7) is 0. The van der Waals surface area contributed by atoms with E-state index in [0.29, 0.717) is 0 Å². The molecule has 0 aliphatic rings. The number of hydrogen-bond acceptors (Lipinski definition) is 0. The standard InChI is InChI=1S/C15H10N.CH3.Ag/c16-12-15-9-5-4-8-14(15)11-10-13-6-2-1-3-7-13;;/h1-9,12H;1H3;/q2*-1;. The fraction of sp³-hybridized carbons (Fsp3) is 0. The van der Waals surface area contributed by atoms with Crippen molar-refractivity contribution in [3.8, 4) is 11.8 Å². The molecule has 0 saturated heterocycles. The molecule has 0 atom stereocenters. The third-order valence-electron chi connectivity index (χ3n) is 2.22. The van der Waals surface area contributed by atoms with Crippen LogP contribution in [-0.4, -0.2) is 6.21 Å². The maximum absolute atomic E-state index is 9.02. The zero-order valence-electron chi connectivity index (χ0n) is 10.0. The minimum absolute atomic E-state index is 0. The number of nitrogens with zero attached hydrogens (tertiary/aromatic N) is 1. The van der Waals surface area contributed by atoms with Crippen LogP contribution in [0.25, 0.3) is 5.41 Å². The Labute approximate surface area is 124 Å². The SMILES string of the molecule is [Ag].[CH3-].[N-]=Cc1ccccc1C#Cc1ccccc1. The van der Waals surface area contributed by atoms with Gasteiger partial charge in [0.25, 0.3) is 0 Å². The molecule has 0 bridgehead atoms. The van der Waals surface area contributed by atoms with Crippen LogP contribution >= 0.6 is 0 Å². The van der Waals surface area contributed by atoms with Crippen molar-refractivity contribution in [1.29, 1.82) is 0 Å². The Balaban J connectivity index is 0.00000144. The summed E-state index contributed by atoms with van der Waals surface area (Å²) in [5.41, 5.74) is 2.54. The van der Waals surface area contributed by atoms with Gasteiger partial charge in [-0.2, -0.15) is 6.21 Å². The molecule has 0 spiro atoms. The maximum atomic E-state index is 9.02. The zero-order valence-corrected chi connectivity index (χ0v) is 11.5. The molecule has 0 fully saturated rings. The third kappa shape index (κ3) is 4.35. The van der Waals surface area contributed by atoms with Gasteiger partial charge in [0.1, 0.15) is 0 Å². The fourth-order valence-electron chi connectivity index (χ4n) is 1.38. The Kier molecular flexibility index (Phi) is 7.74. The second-order valence-electron chi connectivity index (χ2n) is 3.33. The van der Waals surface area contributed by atoms with Gasteiger partial charge in [-0.3, -0.25) is 0 Å². The maximum Gasteiger partial charge on any atom is 0.0302 e. The van der Waals surface area contributed by atoms with Gasteiger partial charge in [0, 0.05) is 33.5 Å². The molecular weight excluding hydrogens is 314 g/mol. The normalized spacial score (nSPS) is 8.00. The van der Waals surface area contributed by atoms with Crippen molar-refractivity contribution in [2.24, 2.45) is 0 Å². The topological polar surface area (TPSA) is 22.3 Å². The molecular formula is C16H13AgN-2. The van der Waals surface area contributed by atoms with Gasteiger partial charge < -0.3 is 12.8 Å². The zero-order chi connectivity index (χ0) is 11.2. The number of hydrogen-bond donors (Lipinski definition) is 0. The van der Waals surface area contributed by atoms with E-state index in [1.807, 2.05) is 54.6 Å². The Bertz CT molecular complexity index is 550. The fourth-order valence-corrected chi connectivity index (χ4v) is 1.38. The van der Waals surface area contributed by atoms with E-state index >= 15 is 0 Å². The molecule has 0 saturated carbocycles. The van der Waals surface area contributed by atoms with E-state index < -0.39 is 0 Å². The first-order chi connectivity index (χ1) is 7.90. The van der Waals surface area contributed by atoms with Crippen LogP contribution in [-0.2, 0) is 22.4 Å². The van der Waals surface area contributed by atoms with E-state index in [-0.39, 0.29) is 29.8 Å². The van der Waals surface area contributed by atoms with E-state index in [1.165, 1.54) is 0 Å². The van der Waals surface area contributed by atoms with Gasteiger partial charge in [-0.1, -0.05) is 48.2 Å². The minimum atomic E-state index is 0. The molecule has 0 unspecified atom stereocenters. The molecule has 0 aliphatic heterocycles. The molecule has 1 nitrogen and oxygen atoms in total. The molecule has 2 aromatic rings. The summed E-state index contributed by atoms with van der Waals surface area (Å²) in [4.78, 5) is 0. The van der Waals surface area contributed by atoms with Crippen LogP contribution in [0.2, 0.25) is 0 Å². The Morgan fingerprint density at radius 1 is 0.833 bits per heavy atom. The first-order valence-corrected chi connectivity index (χ1v) is 5.03. The van der Waals surface area contributed by atoms with Crippen molar-refractivity contribution in [1.82, 2.24) is 0 Å². The van der Waals surface area contributed by atoms with Gasteiger partial charge in [0.15, 0.2) is 0 Å². The van der Waals surface area contributed by atoms with E-state index in [1.54, 1.807) is 0 Å². The molecule has 0 aliphatic carbocycles. The van der Waals surface area contributed by atoms with Crippen molar-refractivity contribution in [3.05, 3.63) is 84.1 Å². The average Bonchev–Trinajstić information content (AvgIpc) is 2.38. The van der Waals surface area contributed by atoms with Gasteiger partial charge in [-0.05, 0) is 23.8 Å².